The second-order valence-electron chi connectivity index (χ2n) is 15.8. The van der Waals surface area contributed by atoms with Crippen molar-refractivity contribution < 1.29 is 60.9 Å². The molecule has 330 valence electrons. The van der Waals surface area contributed by atoms with Gasteiger partial charge in [0.15, 0.2) is 0 Å². The lowest BCUT2D eigenvalue weighted by Crippen LogP contribution is -2.49. The molecule has 1 aliphatic heterocycles. The molecule has 0 saturated heterocycles. The van der Waals surface area contributed by atoms with Crippen molar-refractivity contribution in [3.8, 4) is 11.1 Å². The summed E-state index contributed by atoms with van der Waals surface area (Å²) in [6, 6.07) is 12.5. The lowest BCUT2D eigenvalue weighted by atomic mass is 9.82. The molecule has 19 heteroatoms. The molecule has 0 radical (unpaired) electrons. The molecule has 14 nitrogen and oxygen atoms in total. The van der Waals surface area contributed by atoms with Gasteiger partial charge in [-0.15, -0.1) is 0 Å². The maximum atomic E-state index is 15.0. The number of carboxylic acid groups (broad SMARTS) is 1. The molecular formula is C42H49F5N6O8. The van der Waals surface area contributed by atoms with Gasteiger partial charge in [-0.3, -0.25) is 28.9 Å². The molecule has 61 heavy (non-hydrogen) atoms. The van der Waals surface area contributed by atoms with Crippen LogP contribution in [0.3, 0.4) is 0 Å². The fraction of sp³-hybridized carbons (Fsp3) is 0.429. The van der Waals surface area contributed by atoms with Crippen LogP contribution < -0.4 is 16.4 Å². The van der Waals surface area contributed by atoms with Crippen LogP contribution in [0.4, 0.5) is 22.0 Å². The molecule has 2 heterocycles. The smallest absolute Gasteiger partial charge is 0.475 e. The van der Waals surface area contributed by atoms with E-state index in [-0.39, 0.29) is 49.5 Å². The number of aliphatic hydroxyl groups excluding tert-OH is 1. The summed E-state index contributed by atoms with van der Waals surface area (Å²) >= 11 is 0. The van der Waals surface area contributed by atoms with E-state index in [0.717, 1.165) is 28.7 Å². The van der Waals surface area contributed by atoms with Crippen molar-refractivity contribution in [1.29, 1.82) is 0 Å². The Labute approximate surface area is 348 Å². The van der Waals surface area contributed by atoms with E-state index in [1.54, 1.807) is 12.3 Å². The average Bonchev–Trinajstić information content (AvgIpc) is 3.92. The topological polar surface area (TPSA) is 204 Å². The number of imide groups is 1. The van der Waals surface area contributed by atoms with Gasteiger partial charge in [0.1, 0.15) is 18.2 Å². The molecule has 0 spiro atoms. The summed E-state index contributed by atoms with van der Waals surface area (Å²) in [5, 5.41) is 22.9. The molecule has 6 N–H and O–H groups in total. The number of hydrogen-bond acceptors (Lipinski definition) is 8. The molecule has 1 aliphatic carbocycles. The number of amides is 5. The number of carboxylic acids is 1. The lowest BCUT2D eigenvalue weighted by Gasteiger charge is -2.41. The van der Waals surface area contributed by atoms with Crippen molar-refractivity contribution in [2.24, 2.45) is 17.1 Å². The number of nitrogens with two attached hydrogens (primary N) is 1. The van der Waals surface area contributed by atoms with Crippen molar-refractivity contribution in [2.45, 2.75) is 77.3 Å². The second kappa shape index (κ2) is 20.5. The molecule has 2 aliphatic rings. The number of aliphatic hydroxyl groups is 1. The summed E-state index contributed by atoms with van der Waals surface area (Å²) in [5.74, 6) is -6.42. The van der Waals surface area contributed by atoms with Crippen LogP contribution >= 0.6 is 0 Å². The number of aliphatic carboxylic acids is 1. The fourth-order valence-electron chi connectivity index (χ4n) is 7.26. The van der Waals surface area contributed by atoms with E-state index in [1.807, 2.05) is 55.7 Å². The number of halogens is 5. The molecule has 5 rings (SSSR count). The number of nitrogens with zero attached hydrogens (tertiary/aromatic N) is 3. The third kappa shape index (κ3) is 13.0. The first-order valence-corrected chi connectivity index (χ1v) is 19.4. The molecular weight excluding hydrogens is 811 g/mol. The summed E-state index contributed by atoms with van der Waals surface area (Å²) in [4.78, 5) is 74.5. The van der Waals surface area contributed by atoms with Crippen molar-refractivity contribution in [2.75, 3.05) is 26.2 Å². The number of aromatic nitrogens is 1. The largest absolute Gasteiger partial charge is 0.490 e. The number of hydrogen-bond donors (Lipinski definition) is 5. The maximum absolute atomic E-state index is 15.0. The number of rotatable bonds is 15. The molecule has 1 saturated carbocycles. The summed E-state index contributed by atoms with van der Waals surface area (Å²) in [7, 11) is 0. The van der Waals surface area contributed by atoms with E-state index < -0.39 is 71.5 Å². The van der Waals surface area contributed by atoms with Crippen molar-refractivity contribution in [3.63, 3.8) is 0 Å². The van der Waals surface area contributed by atoms with Gasteiger partial charge in [0, 0.05) is 73.3 Å². The highest BCUT2D eigenvalue weighted by Gasteiger charge is 2.39. The van der Waals surface area contributed by atoms with Crippen LogP contribution in [0.1, 0.15) is 63.8 Å². The van der Waals surface area contributed by atoms with Crippen LogP contribution in [0.25, 0.3) is 11.1 Å². The van der Waals surface area contributed by atoms with E-state index >= 15 is 4.39 Å². The number of benzene rings is 2. The molecule has 3 aromatic rings. The lowest BCUT2D eigenvalue weighted by molar-refractivity contribution is -0.192. The molecule has 5 amide bonds. The first-order chi connectivity index (χ1) is 28.6. The molecule has 1 aromatic heterocycles. The van der Waals surface area contributed by atoms with Gasteiger partial charge in [-0.05, 0) is 60.9 Å². The Morgan fingerprint density at radius 1 is 0.967 bits per heavy atom. The maximum Gasteiger partial charge on any atom is 0.490 e. The average molecular weight is 861 g/mol. The zero-order valence-electron chi connectivity index (χ0n) is 33.8. The fourth-order valence-corrected chi connectivity index (χ4v) is 7.26. The standard InChI is InChI=1S/C40H48F2N6O6.C2HF3O2/c1-40(2,3)37(33-20-27(30-21-28(41)10-12-31(30)42)23-46(33)22-25-7-5-4-6-8-25)48(36(52)24-49)17-15-32(43)39(54)45-29-11-9-26(19-29)38(53)44-16-18-47-34(50)13-14-35(47)51;3-2(4,5)1(6)7/h4-8,10,12-14,20-21,23,26,29,32,37,49H,9,11,15-19,22,24,43H2,1-3H3,(H,44,53)(H,45,54);(H,6,7)/t26-,29+,32+,37+;/m1./s1. The van der Waals surface area contributed by atoms with E-state index in [4.69, 9.17) is 15.6 Å². The summed E-state index contributed by atoms with van der Waals surface area (Å²) in [6.07, 6.45) is 0.537. The quantitative estimate of drug-likeness (QED) is 0.110. The first kappa shape index (κ1) is 47.7. The van der Waals surface area contributed by atoms with E-state index in [9.17, 15) is 46.6 Å². The Bertz CT molecular complexity index is 2080. The number of alkyl halides is 3. The number of carbonyl (C=O) groups excluding carboxylic acids is 5. The Balaban J connectivity index is 0.00000107. The molecule has 1 fully saturated rings. The van der Waals surface area contributed by atoms with Crippen molar-refractivity contribution >= 4 is 35.5 Å². The van der Waals surface area contributed by atoms with Gasteiger partial charge in [0.2, 0.25) is 17.7 Å². The highest BCUT2D eigenvalue weighted by atomic mass is 19.4. The van der Waals surface area contributed by atoms with Gasteiger partial charge in [0.25, 0.3) is 11.8 Å². The predicted molar refractivity (Wildman–Crippen MR) is 211 cm³/mol. The highest BCUT2D eigenvalue weighted by Crippen LogP contribution is 2.41. The summed E-state index contributed by atoms with van der Waals surface area (Å²) in [5.41, 5.74) is 7.77. The Kier molecular flexibility index (Phi) is 16.1. The number of nitrogens with one attached hydrogen (secondary N) is 2. The third-order valence-corrected chi connectivity index (χ3v) is 10.2. The van der Waals surface area contributed by atoms with Crippen LogP contribution in [0, 0.1) is 23.0 Å². The summed E-state index contributed by atoms with van der Waals surface area (Å²) in [6.45, 7) is 5.54. The Morgan fingerprint density at radius 3 is 2.20 bits per heavy atom. The van der Waals surface area contributed by atoms with Gasteiger partial charge >= 0.3 is 12.1 Å². The van der Waals surface area contributed by atoms with Gasteiger partial charge in [-0.2, -0.15) is 13.2 Å². The van der Waals surface area contributed by atoms with Crippen LogP contribution in [0.15, 0.2) is 72.9 Å². The monoisotopic (exact) mass is 860 g/mol. The molecule has 0 bridgehead atoms. The van der Waals surface area contributed by atoms with E-state index in [0.29, 0.717) is 37.1 Å². The molecule has 2 aromatic carbocycles. The van der Waals surface area contributed by atoms with Crippen LogP contribution in [0.2, 0.25) is 0 Å². The molecule has 4 atom stereocenters. The normalized spacial score (nSPS) is 17.4. The van der Waals surface area contributed by atoms with E-state index in [2.05, 4.69) is 10.6 Å². The van der Waals surface area contributed by atoms with Crippen molar-refractivity contribution in [1.82, 2.24) is 25.0 Å². The molecule has 0 unspecified atom stereocenters. The zero-order valence-corrected chi connectivity index (χ0v) is 33.8. The van der Waals surface area contributed by atoms with Gasteiger partial charge < -0.3 is 36.0 Å². The first-order valence-electron chi connectivity index (χ1n) is 19.4. The van der Waals surface area contributed by atoms with Gasteiger partial charge in [-0.25, -0.2) is 13.6 Å². The minimum absolute atomic E-state index is 0.00331. The Morgan fingerprint density at radius 2 is 1.61 bits per heavy atom. The minimum atomic E-state index is -5.08. The SMILES string of the molecule is CC(C)(C)[C@H](c1cc(-c2cc(F)ccc2F)cn1Cc1ccccc1)N(CC[C@H](N)C(=O)N[C@H]1CC[C@@H](C(=O)NCCN2C(=O)C=CC2=O)C1)C(=O)CO.O=C(O)C(F)(F)F. The second-order valence-corrected chi connectivity index (χ2v) is 15.8. The zero-order chi connectivity index (χ0) is 45.2. The number of carbonyl (C=O) groups is 6. The minimum Gasteiger partial charge on any atom is -0.475 e. The van der Waals surface area contributed by atoms with Gasteiger partial charge in [-0.1, -0.05) is 51.1 Å². The van der Waals surface area contributed by atoms with Crippen LogP contribution in [-0.4, -0.2) is 105 Å². The predicted octanol–water partition coefficient (Wildman–Crippen LogP) is 4.07. The van der Waals surface area contributed by atoms with E-state index in [1.165, 1.54) is 17.1 Å². The van der Waals surface area contributed by atoms with Crippen molar-refractivity contribution in [3.05, 3.63) is 95.8 Å². The summed E-state index contributed by atoms with van der Waals surface area (Å²) < 4.78 is 63.0. The van der Waals surface area contributed by atoms with Gasteiger partial charge in [0.05, 0.1) is 12.1 Å². The van der Waals surface area contributed by atoms with Crippen LogP contribution in [-0.2, 0) is 35.3 Å². The highest BCUT2D eigenvalue weighted by molar-refractivity contribution is 6.12. The third-order valence-electron chi connectivity index (χ3n) is 10.2. The van der Waals surface area contributed by atoms with Crippen LogP contribution in [0.5, 0.6) is 0 Å². The Hall–Kier alpha value is -5.95.